The van der Waals surface area contributed by atoms with Gasteiger partial charge < -0.3 is 15.1 Å². The molecule has 0 spiro atoms. The maximum Gasteiger partial charge on any atom is 0.139 e. The summed E-state index contributed by atoms with van der Waals surface area (Å²) in [5.41, 5.74) is 0.446. The fraction of sp³-hybridized carbons (Fsp3) is 0.500. The maximum absolute atomic E-state index is 8.91. The number of nitriles is 1. The highest BCUT2D eigenvalue weighted by molar-refractivity contribution is 9.10. The number of halogens is 1. The molecule has 0 aliphatic heterocycles. The van der Waals surface area contributed by atoms with E-state index in [0.29, 0.717) is 28.3 Å². The van der Waals surface area contributed by atoms with Crippen LogP contribution >= 0.6 is 27.5 Å². The van der Waals surface area contributed by atoms with E-state index in [0.717, 1.165) is 0 Å². The Labute approximate surface area is 99.9 Å². The van der Waals surface area contributed by atoms with Gasteiger partial charge in [-0.2, -0.15) is 9.64 Å². The van der Waals surface area contributed by atoms with Crippen molar-refractivity contribution in [2.24, 2.45) is 0 Å². The van der Waals surface area contributed by atoms with Crippen molar-refractivity contribution in [2.75, 3.05) is 31.2 Å². The summed E-state index contributed by atoms with van der Waals surface area (Å²) in [5.74, 6) is 0. The molecule has 0 saturated carbocycles. The van der Waals surface area contributed by atoms with E-state index in [9.17, 15) is 0 Å². The second kappa shape index (κ2) is 6.02. The Balaban J connectivity index is 2.95. The van der Waals surface area contributed by atoms with E-state index >= 15 is 0 Å². The molecule has 0 unspecified atom stereocenters. The van der Waals surface area contributed by atoms with Gasteiger partial charge in [-0.25, -0.2) is 0 Å². The fourth-order valence-corrected chi connectivity index (χ4v) is 2.54. The lowest BCUT2D eigenvalue weighted by Crippen LogP contribution is -2.29. The molecule has 0 aliphatic carbocycles. The third-order valence-corrected chi connectivity index (χ3v) is 3.49. The van der Waals surface area contributed by atoms with E-state index in [1.165, 1.54) is 11.5 Å². The first kappa shape index (κ1) is 12.4. The van der Waals surface area contributed by atoms with Crippen LogP contribution in [0.4, 0.5) is 5.00 Å². The minimum absolute atomic E-state index is 0.0274. The van der Waals surface area contributed by atoms with Crippen LogP contribution in [0.2, 0.25) is 0 Å². The largest absolute Gasteiger partial charge is 0.395 e. The smallest absolute Gasteiger partial charge is 0.139 e. The van der Waals surface area contributed by atoms with E-state index in [-0.39, 0.29) is 13.2 Å². The number of aliphatic hydroxyl groups excluding tert-OH is 2. The van der Waals surface area contributed by atoms with Crippen LogP contribution in [0.25, 0.3) is 0 Å². The zero-order valence-corrected chi connectivity index (χ0v) is 10.3. The fourth-order valence-electron chi connectivity index (χ4n) is 1.13. The lowest BCUT2D eigenvalue weighted by atomic mass is 10.3. The molecule has 2 N–H and O–H groups in total. The molecule has 1 heterocycles. The third-order valence-electron chi connectivity index (χ3n) is 1.77. The first-order chi connectivity index (χ1) is 7.24. The highest BCUT2D eigenvalue weighted by Gasteiger charge is 2.17. The van der Waals surface area contributed by atoms with E-state index in [1.807, 2.05) is 6.07 Å². The summed E-state index contributed by atoms with van der Waals surface area (Å²) in [6, 6.07) is 2.04. The molecule has 0 aromatic carbocycles. The average Bonchev–Trinajstić information content (AvgIpc) is 2.59. The minimum Gasteiger partial charge on any atom is -0.395 e. The van der Waals surface area contributed by atoms with Crippen molar-refractivity contribution in [2.45, 2.75) is 0 Å². The van der Waals surface area contributed by atoms with Crippen molar-refractivity contribution in [3.8, 4) is 6.07 Å². The van der Waals surface area contributed by atoms with Crippen LogP contribution in [-0.2, 0) is 0 Å². The summed E-state index contributed by atoms with van der Waals surface area (Å²) in [4.78, 5) is 1.74. The van der Waals surface area contributed by atoms with Crippen LogP contribution in [-0.4, -0.2) is 40.9 Å². The van der Waals surface area contributed by atoms with Gasteiger partial charge in [0.1, 0.15) is 21.2 Å². The van der Waals surface area contributed by atoms with Crippen molar-refractivity contribution in [1.82, 2.24) is 4.37 Å². The molecule has 82 valence electrons. The molecule has 7 heteroatoms. The second-order valence-corrected chi connectivity index (χ2v) is 4.20. The molecular weight excluding hydrogens is 282 g/mol. The molecule has 0 aliphatic rings. The van der Waals surface area contributed by atoms with Gasteiger partial charge in [0.05, 0.1) is 13.2 Å². The van der Waals surface area contributed by atoms with Crippen molar-refractivity contribution in [3.05, 3.63) is 10.2 Å². The van der Waals surface area contributed by atoms with Gasteiger partial charge in [0.15, 0.2) is 0 Å². The first-order valence-corrected chi connectivity index (χ1v) is 5.83. The predicted octanol–water partition coefficient (Wildman–Crippen LogP) is 0.568. The average molecular weight is 292 g/mol. The molecule has 0 atom stereocenters. The van der Waals surface area contributed by atoms with Gasteiger partial charge in [-0.3, -0.25) is 0 Å². The number of aliphatic hydroxyl groups is 2. The van der Waals surface area contributed by atoms with E-state index in [1.54, 1.807) is 4.90 Å². The van der Waals surface area contributed by atoms with E-state index in [4.69, 9.17) is 15.5 Å². The van der Waals surface area contributed by atoms with Crippen LogP contribution in [0.3, 0.4) is 0 Å². The summed E-state index contributed by atoms with van der Waals surface area (Å²) in [5, 5.41) is 27.3. The Morgan fingerprint density at radius 2 is 2.00 bits per heavy atom. The number of anilines is 1. The van der Waals surface area contributed by atoms with Crippen LogP contribution in [0.5, 0.6) is 0 Å². The summed E-state index contributed by atoms with van der Waals surface area (Å²) in [7, 11) is 0. The monoisotopic (exact) mass is 291 g/mol. The Kier molecular flexibility index (Phi) is 4.98. The van der Waals surface area contributed by atoms with Gasteiger partial charge in [-0.1, -0.05) is 0 Å². The molecular formula is C8H10BrN3O2S. The highest BCUT2D eigenvalue weighted by Crippen LogP contribution is 2.30. The van der Waals surface area contributed by atoms with E-state index < -0.39 is 0 Å². The Morgan fingerprint density at radius 3 is 2.47 bits per heavy atom. The number of hydrogen-bond acceptors (Lipinski definition) is 6. The number of rotatable bonds is 5. The van der Waals surface area contributed by atoms with Crippen LogP contribution in [0, 0.1) is 11.3 Å². The molecule has 0 bridgehead atoms. The summed E-state index contributed by atoms with van der Waals surface area (Å²) in [6.07, 6.45) is 0. The zero-order valence-electron chi connectivity index (χ0n) is 7.85. The zero-order chi connectivity index (χ0) is 11.3. The number of nitrogens with zero attached hydrogens (tertiary/aromatic N) is 3. The lowest BCUT2D eigenvalue weighted by molar-refractivity contribution is 0.281. The normalized spacial score (nSPS) is 10.0. The van der Waals surface area contributed by atoms with Crippen molar-refractivity contribution in [1.29, 1.82) is 5.26 Å². The molecule has 5 nitrogen and oxygen atoms in total. The summed E-state index contributed by atoms with van der Waals surface area (Å²) >= 11 is 4.35. The van der Waals surface area contributed by atoms with Crippen LogP contribution in [0.1, 0.15) is 5.56 Å². The summed E-state index contributed by atoms with van der Waals surface area (Å²) < 4.78 is 4.51. The number of hydrogen-bond donors (Lipinski definition) is 2. The molecule has 0 amide bonds. The molecule has 0 fully saturated rings. The van der Waals surface area contributed by atoms with Gasteiger partial charge in [-0.15, -0.1) is 0 Å². The van der Waals surface area contributed by atoms with Crippen molar-refractivity contribution in [3.63, 3.8) is 0 Å². The third kappa shape index (κ3) is 2.89. The molecule has 15 heavy (non-hydrogen) atoms. The molecule has 1 aromatic heterocycles. The maximum atomic E-state index is 8.91. The Bertz CT molecular complexity index is 357. The minimum atomic E-state index is -0.0274. The summed E-state index contributed by atoms with van der Waals surface area (Å²) in [6.45, 7) is 0.703. The van der Waals surface area contributed by atoms with Crippen LogP contribution in [0.15, 0.2) is 4.60 Å². The van der Waals surface area contributed by atoms with Crippen molar-refractivity contribution < 1.29 is 10.2 Å². The molecule has 0 saturated heterocycles. The Hall–Kier alpha value is -0.680. The molecule has 1 rings (SSSR count). The Morgan fingerprint density at radius 1 is 1.40 bits per heavy atom. The van der Waals surface area contributed by atoms with Crippen LogP contribution < -0.4 is 4.90 Å². The number of aromatic nitrogens is 1. The van der Waals surface area contributed by atoms with Gasteiger partial charge in [0, 0.05) is 13.1 Å². The van der Waals surface area contributed by atoms with Gasteiger partial charge in [-0.05, 0) is 27.5 Å². The second-order valence-electron chi connectivity index (χ2n) is 2.70. The topological polar surface area (TPSA) is 80.4 Å². The quantitative estimate of drug-likeness (QED) is 0.829. The van der Waals surface area contributed by atoms with E-state index in [2.05, 4.69) is 20.3 Å². The lowest BCUT2D eigenvalue weighted by Gasteiger charge is -2.20. The highest BCUT2D eigenvalue weighted by atomic mass is 79.9. The molecule has 0 radical (unpaired) electrons. The predicted molar refractivity (Wildman–Crippen MR) is 60.9 cm³/mol. The SMILES string of the molecule is N#Cc1c(Br)nsc1N(CCO)CCO. The standard InChI is InChI=1S/C8H10BrN3O2S/c9-7-6(5-10)8(15-11-7)12(1-3-13)2-4-14/h13-14H,1-4H2. The molecule has 1 aromatic rings. The van der Waals surface area contributed by atoms with Gasteiger partial charge in [0.2, 0.25) is 0 Å². The first-order valence-electron chi connectivity index (χ1n) is 4.26. The van der Waals surface area contributed by atoms with Gasteiger partial charge in [0.25, 0.3) is 0 Å². The van der Waals surface area contributed by atoms with Crippen molar-refractivity contribution >= 4 is 32.5 Å². The van der Waals surface area contributed by atoms with Gasteiger partial charge >= 0.3 is 0 Å².